The first-order valence-electron chi connectivity index (χ1n) is 3.29. The van der Waals surface area contributed by atoms with Gasteiger partial charge in [-0.2, -0.15) is 0 Å². The quantitative estimate of drug-likeness (QED) is 0.731. The molecule has 0 aromatic carbocycles. The molecule has 0 radical (unpaired) electrons. The Morgan fingerprint density at radius 1 is 1.55 bits per heavy atom. The number of hydrogen-bond acceptors (Lipinski definition) is 3. The molecule has 1 N–H and O–H groups in total. The molecular weight excluding hydrogens is 158 g/mol. The molecule has 0 amide bonds. The second kappa shape index (κ2) is 2.84. The number of H-pyrrole nitrogens is 1. The van der Waals surface area contributed by atoms with E-state index in [0.717, 1.165) is 17.8 Å². The Balaban J connectivity index is 2.14. The predicted octanol–water partition coefficient (Wildman–Crippen LogP) is 1.46. The second-order valence-corrected chi connectivity index (χ2v) is 2.95. The molecule has 3 nitrogen and oxygen atoms in total. The van der Waals surface area contributed by atoms with Crippen molar-refractivity contribution in [2.75, 3.05) is 0 Å². The minimum atomic E-state index is 0.851. The molecule has 0 fully saturated rings. The molecule has 0 saturated carbocycles. The maximum atomic E-state index is 4.16. The molecule has 0 aliphatic rings. The Morgan fingerprint density at radius 2 is 2.55 bits per heavy atom. The third kappa shape index (κ3) is 1.46. The van der Waals surface area contributed by atoms with E-state index in [2.05, 4.69) is 15.0 Å². The lowest BCUT2D eigenvalue weighted by atomic mass is 10.3. The van der Waals surface area contributed by atoms with Crippen LogP contribution in [0.2, 0.25) is 0 Å². The summed E-state index contributed by atoms with van der Waals surface area (Å²) in [5, 5.41) is 2.04. The van der Waals surface area contributed by atoms with E-state index in [1.54, 1.807) is 17.7 Å². The first kappa shape index (κ1) is 6.54. The molecule has 2 rings (SSSR count). The minimum Gasteiger partial charge on any atom is -0.348 e. The second-order valence-electron chi connectivity index (χ2n) is 2.23. The zero-order chi connectivity index (χ0) is 7.52. The van der Waals surface area contributed by atoms with Crippen molar-refractivity contribution < 1.29 is 0 Å². The van der Waals surface area contributed by atoms with E-state index < -0.39 is 0 Å². The van der Waals surface area contributed by atoms with Crippen molar-refractivity contribution in [2.24, 2.45) is 0 Å². The number of aromatic amines is 1. The minimum absolute atomic E-state index is 0.851. The average molecular weight is 165 g/mol. The number of nitrogens with one attached hydrogen (secondary N) is 1. The van der Waals surface area contributed by atoms with Crippen molar-refractivity contribution in [1.82, 2.24) is 15.0 Å². The van der Waals surface area contributed by atoms with E-state index in [-0.39, 0.29) is 0 Å². The molecule has 0 saturated heterocycles. The summed E-state index contributed by atoms with van der Waals surface area (Å²) in [6, 6.07) is 0. The first-order valence-corrected chi connectivity index (χ1v) is 4.24. The van der Waals surface area contributed by atoms with Gasteiger partial charge in [0.05, 0.1) is 17.5 Å². The fourth-order valence-electron chi connectivity index (χ4n) is 0.901. The normalized spacial score (nSPS) is 10.2. The number of nitrogens with zero attached hydrogens (tertiary/aromatic N) is 2. The Kier molecular flexibility index (Phi) is 1.69. The van der Waals surface area contributed by atoms with E-state index in [1.165, 1.54) is 0 Å². The van der Waals surface area contributed by atoms with Crippen LogP contribution in [-0.2, 0) is 6.42 Å². The van der Waals surface area contributed by atoms with Crippen LogP contribution in [0.25, 0.3) is 0 Å². The number of rotatable bonds is 2. The van der Waals surface area contributed by atoms with Crippen molar-refractivity contribution >= 4 is 11.3 Å². The Morgan fingerprint density at radius 3 is 3.18 bits per heavy atom. The Labute approximate surface area is 68.1 Å². The van der Waals surface area contributed by atoms with E-state index in [4.69, 9.17) is 0 Å². The molecule has 2 aromatic rings. The van der Waals surface area contributed by atoms with Gasteiger partial charge in [-0.25, -0.2) is 9.97 Å². The molecular formula is C7H7N3S. The summed E-state index contributed by atoms with van der Waals surface area (Å²) in [6.07, 6.45) is 4.35. The van der Waals surface area contributed by atoms with Crippen LogP contribution in [0.4, 0.5) is 0 Å². The third-order valence-corrected chi connectivity index (χ3v) is 2.05. The standard InChI is InChI=1S/C7H7N3S/c1(6-2-8-4-9-6)7-3-11-5-10-7/h2-5H,1H2,(H,8,9). The van der Waals surface area contributed by atoms with Gasteiger partial charge >= 0.3 is 0 Å². The van der Waals surface area contributed by atoms with Crippen LogP contribution in [-0.4, -0.2) is 15.0 Å². The largest absolute Gasteiger partial charge is 0.348 e. The van der Waals surface area contributed by atoms with Crippen molar-refractivity contribution in [2.45, 2.75) is 6.42 Å². The zero-order valence-corrected chi connectivity index (χ0v) is 6.64. The van der Waals surface area contributed by atoms with Crippen LogP contribution in [0.5, 0.6) is 0 Å². The monoisotopic (exact) mass is 165 g/mol. The molecule has 2 aromatic heterocycles. The van der Waals surface area contributed by atoms with Gasteiger partial charge < -0.3 is 4.98 Å². The first-order chi connectivity index (χ1) is 5.45. The third-order valence-electron chi connectivity index (χ3n) is 1.41. The highest BCUT2D eigenvalue weighted by Crippen LogP contribution is 2.05. The highest BCUT2D eigenvalue weighted by molar-refractivity contribution is 7.07. The Bertz CT molecular complexity index is 266. The van der Waals surface area contributed by atoms with Gasteiger partial charge in [0.1, 0.15) is 0 Å². The summed E-state index contributed by atoms with van der Waals surface area (Å²) in [4.78, 5) is 11.1. The van der Waals surface area contributed by atoms with E-state index >= 15 is 0 Å². The van der Waals surface area contributed by atoms with Crippen molar-refractivity contribution in [1.29, 1.82) is 0 Å². The molecule has 11 heavy (non-hydrogen) atoms. The Hall–Kier alpha value is -1.16. The zero-order valence-electron chi connectivity index (χ0n) is 5.82. The van der Waals surface area contributed by atoms with Crippen LogP contribution in [0.15, 0.2) is 23.4 Å². The van der Waals surface area contributed by atoms with Gasteiger partial charge in [-0.05, 0) is 0 Å². The van der Waals surface area contributed by atoms with Gasteiger partial charge in [0.25, 0.3) is 0 Å². The van der Waals surface area contributed by atoms with Gasteiger partial charge in [-0.1, -0.05) is 0 Å². The molecule has 0 spiro atoms. The lowest BCUT2D eigenvalue weighted by Gasteiger charge is -1.89. The molecule has 0 unspecified atom stereocenters. The fourth-order valence-corrected chi connectivity index (χ4v) is 1.46. The van der Waals surface area contributed by atoms with Gasteiger partial charge in [0.15, 0.2) is 0 Å². The SMILES string of the molecule is c1ncc(Cc2cscn2)[nH]1. The van der Waals surface area contributed by atoms with E-state index in [1.807, 2.05) is 17.1 Å². The maximum Gasteiger partial charge on any atom is 0.0921 e. The highest BCUT2D eigenvalue weighted by atomic mass is 32.1. The van der Waals surface area contributed by atoms with Gasteiger partial charge in [-0.3, -0.25) is 0 Å². The average Bonchev–Trinajstić information content (AvgIpc) is 2.60. The van der Waals surface area contributed by atoms with Gasteiger partial charge in [0, 0.05) is 23.7 Å². The van der Waals surface area contributed by atoms with Crippen LogP contribution >= 0.6 is 11.3 Å². The van der Waals surface area contributed by atoms with Crippen molar-refractivity contribution in [3.63, 3.8) is 0 Å². The molecule has 0 aliphatic carbocycles. The number of imidazole rings is 1. The summed E-state index contributed by atoms with van der Waals surface area (Å²) in [5.41, 5.74) is 4.04. The summed E-state index contributed by atoms with van der Waals surface area (Å²) in [5.74, 6) is 0. The van der Waals surface area contributed by atoms with E-state index in [9.17, 15) is 0 Å². The number of thiazole rings is 1. The molecule has 0 bridgehead atoms. The molecule has 4 heteroatoms. The summed E-state index contributed by atoms with van der Waals surface area (Å²) in [6.45, 7) is 0. The smallest absolute Gasteiger partial charge is 0.0921 e. The van der Waals surface area contributed by atoms with Gasteiger partial charge in [-0.15, -0.1) is 11.3 Å². The van der Waals surface area contributed by atoms with Crippen LogP contribution in [0.1, 0.15) is 11.4 Å². The highest BCUT2D eigenvalue weighted by Gasteiger charge is 1.97. The number of hydrogen-bond donors (Lipinski definition) is 1. The molecule has 56 valence electrons. The summed E-state index contributed by atoms with van der Waals surface area (Å²) in [7, 11) is 0. The fraction of sp³-hybridized carbons (Fsp3) is 0.143. The number of aromatic nitrogens is 3. The summed E-state index contributed by atoms with van der Waals surface area (Å²) < 4.78 is 0. The van der Waals surface area contributed by atoms with Crippen molar-refractivity contribution in [3.05, 3.63) is 34.8 Å². The van der Waals surface area contributed by atoms with Gasteiger partial charge in [0.2, 0.25) is 0 Å². The predicted molar refractivity (Wildman–Crippen MR) is 43.5 cm³/mol. The molecule has 0 atom stereocenters. The summed E-state index contributed by atoms with van der Waals surface area (Å²) >= 11 is 1.62. The topological polar surface area (TPSA) is 41.6 Å². The lowest BCUT2D eigenvalue weighted by Crippen LogP contribution is -1.86. The van der Waals surface area contributed by atoms with Crippen LogP contribution < -0.4 is 0 Å². The van der Waals surface area contributed by atoms with Crippen LogP contribution in [0.3, 0.4) is 0 Å². The lowest BCUT2D eigenvalue weighted by molar-refractivity contribution is 1.05. The molecule has 0 aliphatic heterocycles. The molecule has 2 heterocycles. The van der Waals surface area contributed by atoms with Crippen LogP contribution in [0, 0.1) is 0 Å². The van der Waals surface area contributed by atoms with E-state index in [0.29, 0.717) is 0 Å². The maximum absolute atomic E-state index is 4.16. The van der Waals surface area contributed by atoms with Crippen molar-refractivity contribution in [3.8, 4) is 0 Å².